The molecule has 2 aliphatic heterocycles. The number of ether oxygens (including phenoxy) is 3. The molecule has 194 valence electrons. The van der Waals surface area contributed by atoms with Gasteiger partial charge >= 0.3 is 0 Å². The summed E-state index contributed by atoms with van der Waals surface area (Å²) in [4.78, 5) is 28.3. The summed E-state index contributed by atoms with van der Waals surface area (Å²) in [6.45, 7) is 3.82. The van der Waals surface area contributed by atoms with E-state index in [9.17, 15) is 19.8 Å². The summed E-state index contributed by atoms with van der Waals surface area (Å²) in [5.41, 5.74) is 2.77. The predicted octanol–water partition coefficient (Wildman–Crippen LogP) is 2.03. The number of nitrogens with one attached hydrogen (secondary N) is 1. The molecule has 0 saturated heterocycles. The highest BCUT2D eigenvalue weighted by Crippen LogP contribution is 2.47. The maximum absolute atomic E-state index is 13.5. The molecular formula is C28H30N2O7. The van der Waals surface area contributed by atoms with Gasteiger partial charge in [-0.15, -0.1) is 0 Å². The fourth-order valence-electron chi connectivity index (χ4n) is 5.09. The lowest BCUT2D eigenvalue weighted by Crippen LogP contribution is -2.55. The number of para-hydroxylation sites is 1. The van der Waals surface area contributed by atoms with Crippen LogP contribution in [0.25, 0.3) is 0 Å². The first-order valence-electron chi connectivity index (χ1n) is 12.3. The van der Waals surface area contributed by atoms with Crippen molar-refractivity contribution in [1.29, 1.82) is 0 Å². The number of amides is 2. The van der Waals surface area contributed by atoms with Gasteiger partial charge < -0.3 is 34.6 Å². The molecule has 2 amide bonds. The molecular weight excluding hydrogens is 476 g/mol. The maximum atomic E-state index is 13.5. The van der Waals surface area contributed by atoms with E-state index in [1.807, 2.05) is 44.2 Å². The van der Waals surface area contributed by atoms with E-state index < -0.39 is 24.2 Å². The van der Waals surface area contributed by atoms with Gasteiger partial charge in [-0.2, -0.15) is 0 Å². The number of allylic oxidation sites excluding steroid dienone is 1. The Balaban J connectivity index is 1.55. The van der Waals surface area contributed by atoms with E-state index in [1.165, 1.54) is 11.0 Å². The first-order chi connectivity index (χ1) is 17.9. The van der Waals surface area contributed by atoms with Gasteiger partial charge in [-0.3, -0.25) is 9.59 Å². The van der Waals surface area contributed by atoms with Crippen molar-refractivity contribution < 1.29 is 34.0 Å². The van der Waals surface area contributed by atoms with Crippen molar-refractivity contribution in [3.05, 3.63) is 76.9 Å². The molecule has 5 rings (SSSR count). The minimum absolute atomic E-state index is 0.0842. The van der Waals surface area contributed by atoms with Gasteiger partial charge in [-0.1, -0.05) is 29.8 Å². The molecule has 0 aromatic heterocycles. The SMILES string of the molecule is CC(C)=CC(=O)N(Cc1ccc2c(c1)OCO2)C1C=C(C(=O)NCCO)C2c3ccccc3OC2C1O. The zero-order chi connectivity index (χ0) is 26.1. The first-order valence-corrected chi connectivity index (χ1v) is 12.3. The quantitative estimate of drug-likeness (QED) is 0.492. The lowest BCUT2D eigenvalue weighted by Gasteiger charge is -2.40. The Morgan fingerprint density at radius 1 is 1.11 bits per heavy atom. The number of nitrogens with zero attached hydrogens (tertiary/aromatic N) is 1. The van der Waals surface area contributed by atoms with Crippen molar-refractivity contribution in [3.8, 4) is 17.2 Å². The van der Waals surface area contributed by atoms with E-state index in [2.05, 4.69) is 5.32 Å². The van der Waals surface area contributed by atoms with Crippen molar-refractivity contribution in [2.24, 2.45) is 0 Å². The fraction of sp³-hybridized carbons (Fsp3) is 0.357. The normalized spacial score (nSPS) is 22.8. The molecule has 4 unspecified atom stereocenters. The van der Waals surface area contributed by atoms with Gasteiger partial charge in [-0.25, -0.2) is 0 Å². The first kappa shape index (κ1) is 24.9. The second-order valence-electron chi connectivity index (χ2n) is 9.56. The molecule has 2 heterocycles. The van der Waals surface area contributed by atoms with E-state index in [-0.39, 0.29) is 38.3 Å². The van der Waals surface area contributed by atoms with Crippen molar-refractivity contribution in [2.75, 3.05) is 19.9 Å². The zero-order valence-corrected chi connectivity index (χ0v) is 20.7. The summed E-state index contributed by atoms with van der Waals surface area (Å²) in [5, 5.41) is 23.5. The van der Waals surface area contributed by atoms with E-state index in [0.717, 1.165) is 16.7 Å². The molecule has 4 atom stereocenters. The van der Waals surface area contributed by atoms with Crippen LogP contribution >= 0.6 is 0 Å². The average Bonchev–Trinajstić information content (AvgIpc) is 3.51. The minimum atomic E-state index is -1.10. The van der Waals surface area contributed by atoms with Crippen LogP contribution in [0.3, 0.4) is 0 Å². The Kier molecular flexibility index (Phi) is 6.90. The molecule has 3 N–H and O–H groups in total. The molecule has 0 bridgehead atoms. The molecule has 0 fully saturated rings. The molecule has 0 radical (unpaired) electrons. The summed E-state index contributed by atoms with van der Waals surface area (Å²) < 4.78 is 17.1. The second-order valence-corrected chi connectivity index (χ2v) is 9.56. The van der Waals surface area contributed by atoms with Crippen LogP contribution in [0.15, 0.2) is 65.8 Å². The van der Waals surface area contributed by atoms with Crippen LogP contribution in [0.2, 0.25) is 0 Å². The zero-order valence-electron chi connectivity index (χ0n) is 20.7. The molecule has 2 aromatic rings. The van der Waals surface area contributed by atoms with Crippen molar-refractivity contribution in [1.82, 2.24) is 10.2 Å². The standard InChI is InChI=1S/C28H30N2O7/c1-16(2)11-24(32)30(14-17-7-8-22-23(12-17)36-15-35-22)20-13-19(28(34)29-9-10-31)25-18-5-3-4-6-21(18)37-27(25)26(20)33/h3-8,11-13,20,25-27,31,33H,9-10,14-15H2,1-2H3,(H,29,34). The Morgan fingerprint density at radius 2 is 1.89 bits per heavy atom. The predicted molar refractivity (Wildman–Crippen MR) is 134 cm³/mol. The van der Waals surface area contributed by atoms with Crippen LogP contribution in [0, 0.1) is 0 Å². The van der Waals surface area contributed by atoms with E-state index >= 15 is 0 Å². The number of fused-ring (bicyclic) bond motifs is 4. The van der Waals surface area contributed by atoms with Gasteiger partial charge in [0.05, 0.1) is 18.6 Å². The third-order valence-electron chi connectivity index (χ3n) is 6.72. The molecule has 3 aliphatic rings. The van der Waals surface area contributed by atoms with Gasteiger partial charge in [-0.05, 0) is 43.7 Å². The molecule has 37 heavy (non-hydrogen) atoms. The third kappa shape index (κ3) is 4.80. The number of rotatable bonds is 7. The molecule has 0 saturated carbocycles. The average molecular weight is 507 g/mol. The second kappa shape index (κ2) is 10.3. The van der Waals surface area contributed by atoms with E-state index in [4.69, 9.17) is 14.2 Å². The number of aliphatic hydroxyl groups excluding tert-OH is 2. The largest absolute Gasteiger partial charge is 0.486 e. The molecule has 1 aliphatic carbocycles. The van der Waals surface area contributed by atoms with Crippen LogP contribution in [0.1, 0.15) is 30.9 Å². The lowest BCUT2D eigenvalue weighted by molar-refractivity contribution is -0.133. The third-order valence-corrected chi connectivity index (χ3v) is 6.72. The van der Waals surface area contributed by atoms with Gasteiger partial charge in [0, 0.05) is 30.3 Å². The highest BCUT2D eigenvalue weighted by Gasteiger charge is 2.50. The smallest absolute Gasteiger partial charge is 0.247 e. The number of carbonyl (C=O) groups is 2. The fourth-order valence-corrected chi connectivity index (χ4v) is 5.09. The lowest BCUT2D eigenvalue weighted by atomic mass is 9.77. The Bertz CT molecular complexity index is 1270. The highest BCUT2D eigenvalue weighted by molar-refractivity contribution is 5.96. The monoisotopic (exact) mass is 506 g/mol. The summed E-state index contributed by atoms with van der Waals surface area (Å²) in [5.74, 6) is 0.626. The molecule has 9 heteroatoms. The van der Waals surface area contributed by atoms with Gasteiger partial charge in [0.25, 0.3) is 0 Å². The highest BCUT2D eigenvalue weighted by atomic mass is 16.7. The van der Waals surface area contributed by atoms with E-state index in [1.54, 1.807) is 18.2 Å². The van der Waals surface area contributed by atoms with Crippen LogP contribution in [-0.2, 0) is 16.1 Å². The van der Waals surface area contributed by atoms with Gasteiger partial charge in [0.1, 0.15) is 18.0 Å². The topological polar surface area (TPSA) is 118 Å². The summed E-state index contributed by atoms with van der Waals surface area (Å²) in [6, 6.07) is 12.0. The van der Waals surface area contributed by atoms with Crippen LogP contribution < -0.4 is 19.5 Å². The number of hydrogen-bond acceptors (Lipinski definition) is 7. The van der Waals surface area contributed by atoms with Gasteiger partial charge in [0.15, 0.2) is 11.5 Å². The van der Waals surface area contributed by atoms with E-state index in [0.29, 0.717) is 22.8 Å². The minimum Gasteiger partial charge on any atom is -0.486 e. The van der Waals surface area contributed by atoms with Crippen molar-refractivity contribution >= 4 is 11.8 Å². The Morgan fingerprint density at radius 3 is 2.68 bits per heavy atom. The summed E-state index contributed by atoms with van der Waals surface area (Å²) in [7, 11) is 0. The van der Waals surface area contributed by atoms with Crippen LogP contribution in [0.5, 0.6) is 17.2 Å². The van der Waals surface area contributed by atoms with Crippen LogP contribution in [-0.4, -0.2) is 65.1 Å². The Hall–Kier alpha value is -3.82. The van der Waals surface area contributed by atoms with Crippen molar-refractivity contribution in [2.45, 2.75) is 44.6 Å². The summed E-state index contributed by atoms with van der Waals surface area (Å²) in [6.07, 6.45) is 1.31. The molecule has 9 nitrogen and oxygen atoms in total. The summed E-state index contributed by atoms with van der Waals surface area (Å²) >= 11 is 0. The Labute approximate surface area is 214 Å². The number of benzene rings is 2. The molecule has 2 aromatic carbocycles. The van der Waals surface area contributed by atoms with Crippen molar-refractivity contribution in [3.63, 3.8) is 0 Å². The number of carbonyl (C=O) groups excluding carboxylic acids is 2. The number of aliphatic hydroxyl groups is 2. The maximum Gasteiger partial charge on any atom is 0.247 e. The number of hydrogen-bond donors (Lipinski definition) is 3. The van der Waals surface area contributed by atoms with Crippen LogP contribution in [0.4, 0.5) is 0 Å². The van der Waals surface area contributed by atoms with Gasteiger partial charge in [0.2, 0.25) is 18.6 Å². The molecule has 0 spiro atoms.